The maximum Gasteiger partial charge on any atom is 0.339 e. The average Bonchev–Trinajstić information content (AvgIpc) is 2.74. The Hall–Kier alpha value is -3.35. The zero-order valence-corrected chi connectivity index (χ0v) is 16.9. The first kappa shape index (κ1) is 21.9. The van der Waals surface area contributed by atoms with Crippen LogP contribution in [0.25, 0.3) is 0 Å². The fraction of sp³-hybridized carbons (Fsp3) is 0.318. The van der Waals surface area contributed by atoms with Gasteiger partial charge in [-0.1, -0.05) is 24.3 Å². The summed E-state index contributed by atoms with van der Waals surface area (Å²) in [4.78, 5) is 37.7. The summed E-state index contributed by atoms with van der Waals surface area (Å²) in [6.07, 6.45) is 0.815. The van der Waals surface area contributed by atoms with Crippen LogP contribution >= 0.6 is 0 Å². The summed E-state index contributed by atoms with van der Waals surface area (Å²) in [6.45, 7) is 2.05. The van der Waals surface area contributed by atoms with Crippen molar-refractivity contribution in [2.24, 2.45) is 0 Å². The second-order valence-corrected chi connectivity index (χ2v) is 6.38. The summed E-state index contributed by atoms with van der Waals surface area (Å²) in [5, 5.41) is 2.85. The number of anilines is 1. The molecule has 2 rings (SSSR count). The van der Waals surface area contributed by atoms with E-state index in [4.69, 9.17) is 9.47 Å². The summed E-state index contributed by atoms with van der Waals surface area (Å²) in [5.41, 5.74) is 1.80. The number of benzene rings is 2. The SMILES string of the molecule is COC(=O)c1ccccc1N(CCC(=O)NCCc1ccc(OC)cc1)C(C)=O. The molecule has 154 valence electrons. The number of para-hydroxylation sites is 1. The minimum absolute atomic E-state index is 0.123. The van der Waals surface area contributed by atoms with Crippen LogP contribution in [0.3, 0.4) is 0 Å². The van der Waals surface area contributed by atoms with Crippen molar-refractivity contribution >= 4 is 23.5 Å². The summed E-state index contributed by atoms with van der Waals surface area (Å²) < 4.78 is 9.90. The number of rotatable bonds is 9. The fourth-order valence-electron chi connectivity index (χ4n) is 2.88. The van der Waals surface area contributed by atoms with Gasteiger partial charge in [-0.3, -0.25) is 9.59 Å². The minimum Gasteiger partial charge on any atom is -0.497 e. The normalized spacial score (nSPS) is 10.2. The molecular weight excluding hydrogens is 372 g/mol. The molecule has 0 aromatic heterocycles. The largest absolute Gasteiger partial charge is 0.497 e. The van der Waals surface area contributed by atoms with E-state index in [0.29, 0.717) is 18.7 Å². The van der Waals surface area contributed by atoms with Gasteiger partial charge in [0.1, 0.15) is 5.75 Å². The van der Waals surface area contributed by atoms with E-state index in [1.165, 1.54) is 18.9 Å². The number of nitrogens with zero attached hydrogens (tertiary/aromatic N) is 1. The van der Waals surface area contributed by atoms with Gasteiger partial charge in [0.15, 0.2) is 0 Å². The van der Waals surface area contributed by atoms with Gasteiger partial charge in [-0.15, -0.1) is 0 Å². The Morgan fingerprint density at radius 3 is 2.31 bits per heavy atom. The summed E-state index contributed by atoms with van der Waals surface area (Å²) in [7, 11) is 2.90. The molecule has 0 saturated carbocycles. The van der Waals surface area contributed by atoms with Crippen molar-refractivity contribution in [3.8, 4) is 5.75 Å². The van der Waals surface area contributed by atoms with Gasteiger partial charge >= 0.3 is 5.97 Å². The van der Waals surface area contributed by atoms with Crippen LogP contribution in [0.4, 0.5) is 5.69 Å². The van der Waals surface area contributed by atoms with Crippen LogP contribution in [0.2, 0.25) is 0 Å². The maximum absolute atomic E-state index is 12.2. The van der Waals surface area contributed by atoms with Crippen molar-refractivity contribution in [1.82, 2.24) is 5.32 Å². The Kier molecular flexibility index (Phi) is 8.21. The van der Waals surface area contributed by atoms with Crippen molar-refractivity contribution in [3.05, 3.63) is 59.7 Å². The van der Waals surface area contributed by atoms with Crippen LogP contribution in [0.5, 0.6) is 5.75 Å². The Bertz CT molecular complexity index is 849. The van der Waals surface area contributed by atoms with E-state index in [1.807, 2.05) is 24.3 Å². The van der Waals surface area contributed by atoms with Crippen LogP contribution in [0, 0.1) is 0 Å². The van der Waals surface area contributed by atoms with Crippen LogP contribution in [-0.4, -0.2) is 45.1 Å². The third kappa shape index (κ3) is 6.34. The van der Waals surface area contributed by atoms with Crippen molar-refractivity contribution in [2.75, 3.05) is 32.2 Å². The van der Waals surface area contributed by atoms with E-state index >= 15 is 0 Å². The first-order chi connectivity index (χ1) is 14.0. The standard InChI is InChI=1S/C22H26N2O5/c1-16(25)24(20-7-5-4-6-19(20)22(27)29-3)15-13-21(26)23-14-12-17-8-10-18(28-2)11-9-17/h4-11H,12-15H2,1-3H3,(H,23,26). The number of carbonyl (C=O) groups is 3. The third-order valence-corrected chi connectivity index (χ3v) is 4.44. The number of hydrogen-bond donors (Lipinski definition) is 1. The summed E-state index contributed by atoms with van der Waals surface area (Å²) >= 11 is 0. The summed E-state index contributed by atoms with van der Waals surface area (Å²) in [5.74, 6) is -0.169. The molecule has 0 aliphatic carbocycles. The zero-order chi connectivity index (χ0) is 21.2. The number of methoxy groups -OCH3 is 2. The molecule has 0 aliphatic rings. The highest BCUT2D eigenvalue weighted by Crippen LogP contribution is 2.22. The van der Waals surface area contributed by atoms with Gasteiger partial charge in [0.2, 0.25) is 11.8 Å². The second kappa shape index (κ2) is 10.8. The second-order valence-electron chi connectivity index (χ2n) is 6.38. The number of amides is 2. The zero-order valence-electron chi connectivity index (χ0n) is 16.9. The molecule has 0 heterocycles. The first-order valence-electron chi connectivity index (χ1n) is 9.31. The molecule has 0 aliphatic heterocycles. The lowest BCUT2D eigenvalue weighted by atomic mass is 10.1. The monoisotopic (exact) mass is 398 g/mol. The van der Waals surface area contributed by atoms with E-state index in [1.54, 1.807) is 31.4 Å². The van der Waals surface area contributed by atoms with Crippen LogP contribution < -0.4 is 15.0 Å². The van der Waals surface area contributed by atoms with Crippen molar-refractivity contribution in [2.45, 2.75) is 19.8 Å². The van der Waals surface area contributed by atoms with Crippen LogP contribution in [-0.2, 0) is 20.7 Å². The molecule has 0 saturated heterocycles. The molecule has 0 bridgehead atoms. The molecule has 0 fully saturated rings. The third-order valence-electron chi connectivity index (χ3n) is 4.44. The van der Waals surface area contributed by atoms with Crippen molar-refractivity contribution in [1.29, 1.82) is 0 Å². The van der Waals surface area contributed by atoms with E-state index in [9.17, 15) is 14.4 Å². The molecule has 0 unspecified atom stereocenters. The molecule has 0 radical (unpaired) electrons. The van der Waals surface area contributed by atoms with Gasteiger partial charge < -0.3 is 19.7 Å². The van der Waals surface area contributed by atoms with E-state index in [0.717, 1.165) is 11.3 Å². The average molecular weight is 398 g/mol. The summed E-state index contributed by atoms with van der Waals surface area (Å²) in [6, 6.07) is 14.3. The predicted octanol–water partition coefficient (Wildman–Crippen LogP) is 2.58. The predicted molar refractivity (Wildman–Crippen MR) is 110 cm³/mol. The van der Waals surface area contributed by atoms with Gasteiger partial charge in [-0.2, -0.15) is 0 Å². The number of esters is 1. The molecule has 1 N–H and O–H groups in total. The Balaban J connectivity index is 1.91. The molecule has 2 amide bonds. The Morgan fingerprint density at radius 1 is 1.00 bits per heavy atom. The first-order valence-corrected chi connectivity index (χ1v) is 9.31. The number of ether oxygens (including phenoxy) is 2. The topological polar surface area (TPSA) is 84.9 Å². The molecule has 7 nitrogen and oxygen atoms in total. The van der Waals surface area contributed by atoms with E-state index in [-0.39, 0.29) is 30.3 Å². The fourth-order valence-corrected chi connectivity index (χ4v) is 2.88. The Morgan fingerprint density at radius 2 is 1.69 bits per heavy atom. The molecule has 0 atom stereocenters. The molecular formula is C22H26N2O5. The highest BCUT2D eigenvalue weighted by atomic mass is 16.5. The highest BCUT2D eigenvalue weighted by molar-refractivity contribution is 6.02. The number of hydrogen-bond acceptors (Lipinski definition) is 5. The number of nitrogens with one attached hydrogen (secondary N) is 1. The molecule has 29 heavy (non-hydrogen) atoms. The molecule has 2 aromatic carbocycles. The van der Waals surface area contributed by atoms with Gasteiger partial charge in [0.05, 0.1) is 25.5 Å². The minimum atomic E-state index is -0.532. The Labute approximate surface area is 170 Å². The lowest BCUT2D eigenvalue weighted by Gasteiger charge is -2.23. The van der Waals surface area contributed by atoms with Gasteiger partial charge in [-0.25, -0.2) is 4.79 Å². The van der Waals surface area contributed by atoms with Gasteiger partial charge in [-0.05, 0) is 36.2 Å². The van der Waals surface area contributed by atoms with Gasteiger partial charge in [0.25, 0.3) is 0 Å². The van der Waals surface area contributed by atoms with Crippen LogP contribution in [0.15, 0.2) is 48.5 Å². The van der Waals surface area contributed by atoms with Gasteiger partial charge in [0, 0.05) is 26.4 Å². The maximum atomic E-state index is 12.2. The molecule has 7 heteroatoms. The quantitative estimate of drug-likeness (QED) is 0.657. The number of carbonyl (C=O) groups excluding carboxylic acids is 3. The highest BCUT2D eigenvalue weighted by Gasteiger charge is 2.20. The molecule has 2 aromatic rings. The van der Waals surface area contributed by atoms with Crippen molar-refractivity contribution in [3.63, 3.8) is 0 Å². The lowest BCUT2D eigenvalue weighted by Crippen LogP contribution is -2.35. The van der Waals surface area contributed by atoms with Crippen molar-refractivity contribution < 1.29 is 23.9 Å². The van der Waals surface area contributed by atoms with E-state index < -0.39 is 5.97 Å². The van der Waals surface area contributed by atoms with Crippen LogP contribution in [0.1, 0.15) is 29.3 Å². The molecule has 0 spiro atoms. The smallest absolute Gasteiger partial charge is 0.339 e. The van der Waals surface area contributed by atoms with E-state index in [2.05, 4.69) is 5.32 Å². The lowest BCUT2D eigenvalue weighted by molar-refractivity contribution is -0.121.